The molecule has 0 radical (unpaired) electrons. The van der Waals surface area contributed by atoms with E-state index in [1.807, 2.05) is 4.90 Å². The van der Waals surface area contributed by atoms with Crippen LogP contribution in [0.15, 0.2) is 18.3 Å². The van der Waals surface area contributed by atoms with Gasteiger partial charge in [-0.25, -0.2) is 0 Å². The zero-order valence-electron chi connectivity index (χ0n) is 10.3. The Labute approximate surface area is 111 Å². The van der Waals surface area contributed by atoms with Crippen LogP contribution in [0.3, 0.4) is 0 Å². The van der Waals surface area contributed by atoms with Gasteiger partial charge in [-0.1, -0.05) is 16.6 Å². The van der Waals surface area contributed by atoms with Crippen LogP contribution in [-0.4, -0.2) is 33.5 Å². The zero-order chi connectivity index (χ0) is 12.4. The van der Waals surface area contributed by atoms with Crippen molar-refractivity contribution in [1.82, 2.24) is 14.5 Å². The number of amides is 1. The molecule has 4 nitrogen and oxygen atoms in total. The molecule has 1 amide bonds. The molecule has 0 aromatic carbocycles. The first-order valence-electron chi connectivity index (χ1n) is 6.51. The summed E-state index contributed by atoms with van der Waals surface area (Å²) in [6, 6.07) is 0. The summed E-state index contributed by atoms with van der Waals surface area (Å²) in [6.45, 7) is 1.77. The number of aromatic nitrogens is 2. The predicted molar refractivity (Wildman–Crippen MR) is 70.5 cm³/mol. The van der Waals surface area contributed by atoms with Crippen LogP contribution in [0.25, 0.3) is 0 Å². The van der Waals surface area contributed by atoms with Crippen molar-refractivity contribution in [2.24, 2.45) is 5.41 Å². The molecular formula is C13H17N3OS. The molecule has 1 atom stereocenters. The highest BCUT2D eigenvalue weighted by Gasteiger charge is 2.37. The first-order valence-corrected chi connectivity index (χ1v) is 7.28. The van der Waals surface area contributed by atoms with Crippen molar-refractivity contribution in [3.8, 4) is 0 Å². The van der Waals surface area contributed by atoms with E-state index in [4.69, 9.17) is 0 Å². The maximum atomic E-state index is 12.3. The molecule has 1 fully saturated rings. The van der Waals surface area contributed by atoms with E-state index in [2.05, 4.69) is 21.7 Å². The largest absolute Gasteiger partial charge is 0.337 e. The van der Waals surface area contributed by atoms with Crippen LogP contribution in [0.2, 0.25) is 0 Å². The lowest BCUT2D eigenvalue weighted by Gasteiger charge is -2.43. The molecule has 0 unspecified atom stereocenters. The lowest BCUT2D eigenvalue weighted by Crippen LogP contribution is -2.46. The Bertz CT molecular complexity index is 457. The molecule has 1 aromatic rings. The van der Waals surface area contributed by atoms with Gasteiger partial charge in [0, 0.05) is 13.1 Å². The highest BCUT2D eigenvalue weighted by molar-refractivity contribution is 7.07. The van der Waals surface area contributed by atoms with Crippen molar-refractivity contribution < 1.29 is 4.79 Å². The van der Waals surface area contributed by atoms with Gasteiger partial charge in [0.25, 0.3) is 5.91 Å². The van der Waals surface area contributed by atoms with E-state index in [1.54, 1.807) is 6.20 Å². The number of hydrogen-bond acceptors (Lipinski definition) is 4. The minimum atomic E-state index is 0.110. The number of carbonyl (C=O) groups is 1. The third-order valence-corrected chi connectivity index (χ3v) is 4.73. The van der Waals surface area contributed by atoms with Gasteiger partial charge in [0.1, 0.15) is 4.88 Å². The van der Waals surface area contributed by atoms with Crippen LogP contribution < -0.4 is 0 Å². The van der Waals surface area contributed by atoms with Gasteiger partial charge in [-0.2, -0.15) is 0 Å². The topological polar surface area (TPSA) is 46.1 Å². The lowest BCUT2D eigenvalue weighted by molar-refractivity contribution is 0.0488. The fourth-order valence-electron chi connectivity index (χ4n) is 3.11. The Morgan fingerprint density at radius 1 is 1.39 bits per heavy atom. The fraction of sp³-hybridized carbons (Fsp3) is 0.615. The SMILES string of the molecule is O=C(c1cnns1)N1CCC[C@]2(CC=CCC2)C1. The molecule has 5 heteroatoms. The molecule has 18 heavy (non-hydrogen) atoms. The maximum absolute atomic E-state index is 12.3. The van der Waals surface area contributed by atoms with E-state index in [1.165, 1.54) is 24.4 Å². The van der Waals surface area contributed by atoms with Crippen LogP contribution in [0.5, 0.6) is 0 Å². The Kier molecular flexibility index (Phi) is 3.16. The third kappa shape index (κ3) is 2.19. The van der Waals surface area contributed by atoms with Crippen LogP contribution in [0.1, 0.15) is 41.8 Å². The van der Waals surface area contributed by atoms with Crippen molar-refractivity contribution >= 4 is 17.4 Å². The normalized spacial score (nSPS) is 27.7. The van der Waals surface area contributed by atoms with Crippen molar-refractivity contribution in [2.75, 3.05) is 13.1 Å². The summed E-state index contributed by atoms with van der Waals surface area (Å²) in [5.41, 5.74) is 0.334. The zero-order valence-corrected chi connectivity index (χ0v) is 11.2. The van der Waals surface area contributed by atoms with Crippen molar-refractivity contribution in [1.29, 1.82) is 0 Å². The molecule has 1 aliphatic heterocycles. The molecule has 1 spiro atoms. The molecule has 0 bridgehead atoms. The van der Waals surface area contributed by atoms with Gasteiger partial charge < -0.3 is 4.90 Å². The second kappa shape index (κ2) is 4.80. The summed E-state index contributed by atoms with van der Waals surface area (Å²) in [4.78, 5) is 15.0. The molecule has 96 valence electrons. The first-order chi connectivity index (χ1) is 8.79. The third-order valence-electron chi connectivity index (χ3n) is 4.08. The lowest BCUT2D eigenvalue weighted by atomic mass is 9.71. The number of nitrogens with zero attached hydrogens (tertiary/aromatic N) is 3. The summed E-state index contributed by atoms with van der Waals surface area (Å²) < 4.78 is 3.78. The molecule has 1 aliphatic carbocycles. The average Bonchev–Trinajstić information content (AvgIpc) is 2.93. The van der Waals surface area contributed by atoms with Gasteiger partial charge in [0.2, 0.25) is 0 Å². The van der Waals surface area contributed by atoms with E-state index in [0.717, 1.165) is 32.4 Å². The molecule has 1 saturated heterocycles. The van der Waals surface area contributed by atoms with Crippen molar-refractivity contribution in [2.45, 2.75) is 32.1 Å². The minimum Gasteiger partial charge on any atom is -0.337 e. The predicted octanol–water partition coefficient (Wildman–Crippen LogP) is 2.50. The fourth-order valence-corrected chi connectivity index (χ4v) is 3.60. The number of hydrogen-bond donors (Lipinski definition) is 0. The quantitative estimate of drug-likeness (QED) is 0.731. The minimum absolute atomic E-state index is 0.110. The molecule has 1 aromatic heterocycles. The van der Waals surface area contributed by atoms with Crippen LogP contribution in [0, 0.1) is 5.41 Å². The van der Waals surface area contributed by atoms with E-state index in [-0.39, 0.29) is 5.91 Å². The van der Waals surface area contributed by atoms with Gasteiger partial charge in [0.15, 0.2) is 0 Å². The van der Waals surface area contributed by atoms with Gasteiger partial charge in [0.05, 0.1) is 6.20 Å². The smallest absolute Gasteiger partial charge is 0.267 e. The van der Waals surface area contributed by atoms with Gasteiger partial charge in [-0.05, 0) is 49.1 Å². The number of rotatable bonds is 1. The van der Waals surface area contributed by atoms with E-state index >= 15 is 0 Å². The molecule has 3 rings (SSSR count). The number of carbonyl (C=O) groups excluding carboxylic acids is 1. The summed E-state index contributed by atoms with van der Waals surface area (Å²) >= 11 is 1.19. The summed E-state index contributed by atoms with van der Waals surface area (Å²) in [6.07, 6.45) is 12.0. The first kappa shape index (κ1) is 11.8. The molecule has 2 aliphatic rings. The Hall–Kier alpha value is -1.23. The number of likely N-dealkylation sites (tertiary alicyclic amines) is 1. The van der Waals surface area contributed by atoms with E-state index in [9.17, 15) is 4.79 Å². The van der Waals surface area contributed by atoms with Gasteiger partial charge >= 0.3 is 0 Å². The monoisotopic (exact) mass is 263 g/mol. The Balaban J connectivity index is 1.74. The van der Waals surface area contributed by atoms with Crippen LogP contribution in [-0.2, 0) is 0 Å². The molecule has 2 heterocycles. The van der Waals surface area contributed by atoms with Crippen LogP contribution in [0.4, 0.5) is 0 Å². The highest BCUT2D eigenvalue weighted by Crippen LogP contribution is 2.41. The standard InChI is InChI=1S/C13H17N3OS/c17-12(11-9-14-15-18-11)16-8-4-7-13(10-16)5-2-1-3-6-13/h1-2,9H,3-8,10H2/t13-/m1/s1. The second-order valence-electron chi connectivity index (χ2n) is 5.33. The van der Waals surface area contributed by atoms with Crippen molar-refractivity contribution in [3.63, 3.8) is 0 Å². The molecular weight excluding hydrogens is 246 g/mol. The summed E-state index contributed by atoms with van der Waals surface area (Å²) in [7, 11) is 0. The average molecular weight is 263 g/mol. The maximum Gasteiger partial charge on any atom is 0.267 e. The van der Waals surface area contributed by atoms with Gasteiger partial charge in [-0.15, -0.1) is 5.10 Å². The van der Waals surface area contributed by atoms with Crippen molar-refractivity contribution in [3.05, 3.63) is 23.2 Å². The Morgan fingerprint density at radius 2 is 2.33 bits per heavy atom. The second-order valence-corrected chi connectivity index (χ2v) is 6.11. The summed E-state index contributed by atoms with van der Waals surface area (Å²) in [5.74, 6) is 0.110. The number of piperidine rings is 1. The highest BCUT2D eigenvalue weighted by atomic mass is 32.1. The summed E-state index contributed by atoms with van der Waals surface area (Å²) in [5, 5.41) is 3.75. The Morgan fingerprint density at radius 3 is 3.06 bits per heavy atom. The molecule has 0 N–H and O–H groups in total. The van der Waals surface area contributed by atoms with Gasteiger partial charge in [-0.3, -0.25) is 4.79 Å². The van der Waals surface area contributed by atoms with E-state index < -0.39 is 0 Å². The molecule has 0 saturated carbocycles. The van der Waals surface area contributed by atoms with E-state index in [0.29, 0.717) is 10.3 Å². The number of allylic oxidation sites excluding steroid dienone is 2. The van der Waals surface area contributed by atoms with Crippen LogP contribution >= 0.6 is 11.5 Å².